The summed E-state index contributed by atoms with van der Waals surface area (Å²) in [6.07, 6.45) is 3.02. The van der Waals surface area contributed by atoms with Crippen LogP contribution in [0.5, 0.6) is 0 Å². The van der Waals surface area contributed by atoms with Crippen LogP contribution in [-0.4, -0.2) is 17.9 Å². The van der Waals surface area contributed by atoms with Gasteiger partial charge in [-0.15, -0.1) is 0 Å². The van der Waals surface area contributed by atoms with Crippen molar-refractivity contribution in [1.29, 1.82) is 0 Å². The highest BCUT2D eigenvalue weighted by Crippen LogP contribution is 2.28. The first-order valence-electron chi connectivity index (χ1n) is 5.78. The summed E-state index contributed by atoms with van der Waals surface area (Å²) in [7, 11) is 0. The zero-order valence-electron chi connectivity index (χ0n) is 9.72. The maximum absolute atomic E-state index is 12.5. The molecular weight excluding hydrogens is 257 g/mol. The number of carbonyl (C=O) groups excluding carboxylic acids is 1. The molecule has 1 heterocycles. The summed E-state index contributed by atoms with van der Waals surface area (Å²) in [5, 5.41) is 4.29. The van der Waals surface area contributed by atoms with Gasteiger partial charge in [-0.25, -0.2) is 0 Å². The van der Waals surface area contributed by atoms with E-state index >= 15 is 0 Å². The topological polar surface area (TPSA) is 29.1 Å². The number of carbonyl (C=O) groups is 1. The van der Waals surface area contributed by atoms with Crippen LogP contribution in [0.1, 0.15) is 36.5 Å². The van der Waals surface area contributed by atoms with Crippen LogP contribution in [-0.2, 0) is 0 Å². The molecule has 17 heavy (non-hydrogen) atoms. The molecule has 0 saturated carbocycles. The van der Waals surface area contributed by atoms with Crippen molar-refractivity contribution >= 4 is 29.0 Å². The van der Waals surface area contributed by atoms with E-state index in [0.717, 1.165) is 25.8 Å². The highest BCUT2D eigenvalue weighted by molar-refractivity contribution is 6.36. The van der Waals surface area contributed by atoms with Crippen LogP contribution in [0.3, 0.4) is 0 Å². The number of Topliss-reactive ketones (excluding diaryl/α,β-unsaturated/α-hetero) is 1. The van der Waals surface area contributed by atoms with Gasteiger partial charge in [-0.2, -0.15) is 0 Å². The third-order valence-electron chi connectivity index (χ3n) is 3.29. The molecule has 1 fully saturated rings. The minimum absolute atomic E-state index is 0.0321. The van der Waals surface area contributed by atoms with E-state index < -0.39 is 5.54 Å². The van der Waals surface area contributed by atoms with E-state index in [4.69, 9.17) is 23.2 Å². The highest BCUT2D eigenvalue weighted by atomic mass is 35.5. The molecule has 1 aromatic carbocycles. The molecule has 2 rings (SSSR count). The van der Waals surface area contributed by atoms with E-state index in [1.165, 1.54) is 0 Å². The van der Waals surface area contributed by atoms with Crippen LogP contribution in [0.25, 0.3) is 0 Å². The monoisotopic (exact) mass is 271 g/mol. The van der Waals surface area contributed by atoms with Gasteiger partial charge in [0.1, 0.15) is 0 Å². The fraction of sp³-hybridized carbons (Fsp3) is 0.462. The summed E-state index contributed by atoms with van der Waals surface area (Å²) in [5.74, 6) is 0.0321. The summed E-state index contributed by atoms with van der Waals surface area (Å²) < 4.78 is 0. The largest absolute Gasteiger partial charge is 0.305 e. The van der Waals surface area contributed by atoms with Crippen LogP contribution >= 0.6 is 23.2 Å². The molecule has 4 heteroatoms. The Bertz CT molecular complexity index is 439. The Morgan fingerprint density at radius 3 is 2.76 bits per heavy atom. The highest BCUT2D eigenvalue weighted by Gasteiger charge is 2.35. The summed E-state index contributed by atoms with van der Waals surface area (Å²) in [6.45, 7) is 2.81. The van der Waals surface area contributed by atoms with Crippen molar-refractivity contribution in [2.24, 2.45) is 0 Å². The second kappa shape index (κ2) is 4.97. The number of rotatable bonds is 2. The minimum atomic E-state index is -0.507. The Morgan fingerprint density at radius 1 is 1.35 bits per heavy atom. The number of hydrogen-bond donors (Lipinski definition) is 1. The molecule has 0 spiro atoms. The molecule has 1 aliphatic heterocycles. The van der Waals surface area contributed by atoms with Crippen molar-refractivity contribution in [3.63, 3.8) is 0 Å². The second-order valence-corrected chi connectivity index (χ2v) is 5.51. The van der Waals surface area contributed by atoms with E-state index in [9.17, 15) is 4.79 Å². The Kier molecular flexibility index (Phi) is 3.76. The van der Waals surface area contributed by atoms with E-state index in [-0.39, 0.29) is 5.78 Å². The van der Waals surface area contributed by atoms with Gasteiger partial charge in [0.2, 0.25) is 0 Å². The zero-order valence-corrected chi connectivity index (χ0v) is 11.2. The average molecular weight is 272 g/mol. The Labute approximate surface area is 111 Å². The summed E-state index contributed by atoms with van der Waals surface area (Å²) in [5.41, 5.74) is 0.00288. The van der Waals surface area contributed by atoms with Gasteiger partial charge in [-0.1, -0.05) is 23.2 Å². The first kappa shape index (κ1) is 12.9. The lowest BCUT2D eigenvalue weighted by molar-refractivity contribution is 0.0835. The van der Waals surface area contributed by atoms with E-state index in [2.05, 4.69) is 5.32 Å². The normalized spacial score (nSPS) is 24.6. The molecule has 0 radical (unpaired) electrons. The van der Waals surface area contributed by atoms with Crippen LogP contribution in [0.15, 0.2) is 18.2 Å². The fourth-order valence-corrected chi connectivity index (χ4v) is 2.59. The fourth-order valence-electron chi connectivity index (χ4n) is 2.22. The molecule has 1 N–H and O–H groups in total. The van der Waals surface area contributed by atoms with E-state index in [0.29, 0.717) is 15.6 Å². The van der Waals surface area contributed by atoms with Gasteiger partial charge in [0.05, 0.1) is 10.6 Å². The van der Waals surface area contributed by atoms with Gasteiger partial charge in [0.25, 0.3) is 0 Å². The number of hydrogen-bond acceptors (Lipinski definition) is 2. The van der Waals surface area contributed by atoms with Crippen molar-refractivity contribution in [3.8, 4) is 0 Å². The molecule has 92 valence electrons. The third kappa shape index (κ3) is 2.65. The first-order valence-corrected chi connectivity index (χ1v) is 6.53. The van der Waals surface area contributed by atoms with Crippen LogP contribution in [0.2, 0.25) is 10.0 Å². The Balaban J connectivity index is 2.32. The molecule has 0 amide bonds. The number of piperidine rings is 1. The SMILES string of the molecule is CC1(C(=O)c2cc(Cl)ccc2Cl)CCCCN1. The standard InChI is InChI=1S/C13H15Cl2NO/c1-13(6-2-3-7-16-13)12(17)10-8-9(14)4-5-11(10)15/h4-5,8,16H,2-3,6-7H2,1H3. The van der Waals surface area contributed by atoms with Gasteiger partial charge < -0.3 is 5.32 Å². The van der Waals surface area contributed by atoms with Crippen molar-refractivity contribution in [2.75, 3.05) is 6.54 Å². The number of ketones is 1. The molecule has 1 unspecified atom stereocenters. The van der Waals surface area contributed by atoms with Crippen LogP contribution < -0.4 is 5.32 Å². The van der Waals surface area contributed by atoms with E-state index in [1.54, 1.807) is 18.2 Å². The van der Waals surface area contributed by atoms with Crippen molar-refractivity contribution < 1.29 is 4.79 Å². The van der Waals surface area contributed by atoms with Gasteiger partial charge in [-0.3, -0.25) is 4.79 Å². The first-order chi connectivity index (χ1) is 8.03. The van der Waals surface area contributed by atoms with E-state index in [1.807, 2.05) is 6.92 Å². The van der Waals surface area contributed by atoms with Crippen molar-refractivity contribution in [2.45, 2.75) is 31.7 Å². The minimum Gasteiger partial charge on any atom is -0.305 e. The molecule has 1 aliphatic rings. The molecule has 1 atom stereocenters. The Hall–Kier alpha value is -0.570. The third-order valence-corrected chi connectivity index (χ3v) is 3.86. The van der Waals surface area contributed by atoms with Crippen LogP contribution in [0.4, 0.5) is 0 Å². The molecule has 0 aromatic heterocycles. The molecule has 2 nitrogen and oxygen atoms in total. The summed E-state index contributed by atoms with van der Waals surface area (Å²) in [6, 6.07) is 5.01. The van der Waals surface area contributed by atoms with Crippen molar-refractivity contribution in [1.82, 2.24) is 5.32 Å². The van der Waals surface area contributed by atoms with Gasteiger partial charge in [0, 0.05) is 10.6 Å². The lowest BCUT2D eigenvalue weighted by atomic mass is 9.84. The lowest BCUT2D eigenvalue weighted by Crippen LogP contribution is -2.52. The maximum atomic E-state index is 12.5. The smallest absolute Gasteiger partial charge is 0.184 e. The molecule has 0 aliphatic carbocycles. The van der Waals surface area contributed by atoms with Crippen molar-refractivity contribution in [3.05, 3.63) is 33.8 Å². The van der Waals surface area contributed by atoms with Gasteiger partial charge >= 0.3 is 0 Å². The predicted octanol–water partition coefficient (Wildman–Crippen LogP) is 3.71. The number of halogens is 2. The molecule has 1 saturated heterocycles. The Morgan fingerprint density at radius 2 is 2.12 bits per heavy atom. The van der Waals surface area contributed by atoms with Gasteiger partial charge in [0.15, 0.2) is 5.78 Å². The summed E-state index contributed by atoms with van der Waals surface area (Å²) in [4.78, 5) is 12.5. The quantitative estimate of drug-likeness (QED) is 0.831. The summed E-state index contributed by atoms with van der Waals surface area (Å²) >= 11 is 12.0. The van der Waals surface area contributed by atoms with Gasteiger partial charge in [-0.05, 0) is 50.9 Å². The number of benzene rings is 1. The zero-order chi connectivity index (χ0) is 12.5. The molecule has 0 bridgehead atoms. The lowest BCUT2D eigenvalue weighted by Gasteiger charge is -2.33. The van der Waals surface area contributed by atoms with Crippen LogP contribution in [0, 0.1) is 0 Å². The predicted molar refractivity (Wildman–Crippen MR) is 71.1 cm³/mol. The maximum Gasteiger partial charge on any atom is 0.184 e. The average Bonchev–Trinajstić information content (AvgIpc) is 2.32. The molecular formula is C13H15Cl2NO. The second-order valence-electron chi connectivity index (χ2n) is 4.67. The number of nitrogens with one attached hydrogen (secondary N) is 1. The molecule has 1 aromatic rings.